The maximum atomic E-state index is 6.13. The van der Waals surface area contributed by atoms with Gasteiger partial charge in [-0.25, -0.2) is 0 Å². The Labute approximate surface area is 196 Å². The molecule has 0 saturated carbocycles. The summed E-state index contributed by atoms with van der Waals surface area (Å²) in [7, 11) is 0. The molecule has 1 aliphatic rings. The van der Waals surface area contributed by atoms with Gasteiger partial charge in [-0.15, -0.1) is 10.2 Å². The zero-order valence-corrected chi connectivity index (χ0v) is 20.2. The highest BCUT2D eigenvalue weighted by atomic mass is 16.4. The van der Waals surface area contributed by atoms with E-state index in [-0.39, 0.29) is 5.41 Å². The van der Waals surface area contributed by atoms with Crippen molar-refractivity contribution in [3.8, 4) is 34.2 Å². The van der Waals surface area contributed by atoms with Crippen LogP contribution in [0.1, 0.15) is 70.5 Å². The number of pyridine rings is 1. The van der Waals surface area contributed by atoms with Crippen LogP contribution in [0.2, 0.25) is 0 Å². The SMILES string of the molecule is CCC1c2ccc(-c3nnc(-c4ccc(C(C)(C)C)cc4)o3)cc2-c2cccc[n+]2C1CC. The highest BCUT2D eigenvalue weighted by Gasteiger charge is 2.37. The molecule has 0 N–H and O–H groups in total. The van der Waals surface area contributed by atoms with E-state index in [0.29, 0.717) is 23.7 Å². The number of benzene rings is 2. The van der Waals surface area contributed by atoms with Crippen molar-refractivity contribution in [2.45, 2.75) is 64.8 Å². The summed E-state index contributed by atoms with van der Waals surface area (Å²) in [5.74, 6) is 1.61. The Morgan fingerprint density at radius 1 is 0.848 bits per heavy atom. The van der Waals surface area contributed by atoms with Crippen LogP contribution < -0.4 is 4.57 Å². The number of rotatable bonds is 4. The van der Waals surface area contributed by atoms with Crippen LogP contribution in [0.5, 0.6) is 0 Å². The lowest BCUT2D eigenvalue weighted by Crippen LogP contribution is -2.46. The molecule has 1 aliphatic heterocycles. The predicted octanol–water partition coefficient (Wildman–Crippen LogP) is 7.11. The number of nitrogens with zero attached hydrogens (tertiary/aromatic N) is 3. The van der Waals surface area contributed by atoms with E-state index in [1.54, 1.807) is 0 Å². The molecular weight excluding hydrogens is 406 g/mol. The van der Waals surface area contributed by atoms with Crippen LogP contribution in [0.4, 0.5) is 0 Å². The van der Waals surface area contributed by atoms with E-state index < -0.39 is 0 Å². The third kappa shape index (κ3) is 3.78. The Morgan fingerprint density at radius 3 is 2.21 bits per heavy atom. The molecule has 4 aromatic rings. The average molecular weight is 439 g/mol. The van der Waals surface area contributed by atoms with Crippen molar-refractivity contribution >= 4 is 0 Å². The maximum Gasteiger partial charge on any atom is 0.248 e. The van der Waals surface area contributed by atoms with Gasteiger partial charge in [-0.1, -0.05) is 52.8 Å². The highest BCUT2D eigenvalue weighted by Crippen LogP contribution is 2.42. The quantitative estimate of drug-likeness (QED) is 0.319. The Bertz CT molecular complexity index is 1280. The normalized spacial score (nSPS) is 17.5. The minimum absolute atomic E-state index is 0.114. The molecule has 2 unspecified atom stereocenters. The molecule has 33 heavy (non-hydrogen) atoms. The zero-order chi connectivity index (χ0) is 23.2. The summed E-state index contributed by atoms with van der Waals surface area (Å²) in [6.07, 6.45) is 4.44. The van der Waals surface area contributed by atoms with Gasteiger partial charge in [0.15, 0.2) is 12.2 Å². The van der Waals surface area contributed by atoms with Crippen molar-refractivity contribution in [2.75, 3.05) is 0 Å². The van der Waals surface area contributed by atoms with Crippen LogP contribution >= 0.6 is 0 Å². The molecule has 2 aromatic carbocycles. The number of aromatic nitrogens is 3. The van der Waals surface area contributed by atoms with Crippen LogP contribution in [0.3, 0.4) is 0 Å². The van der Waals surface area contributed by atoms with Crippen molar-refractivity contribution in [2.24, 2.45) is 0 Å². The lowest BCUT2D eigenvalue weighted by Gasteiger charge is -2.29. The molecule has 5 rings (SSSR count). The highest BCUT2D eigenvalue weighted by molar-refractivity contribution is 5.71. The van der Waals surface area contributed by atoms with Crippen molar-refractivity contribution in [1.82, 2.24) is 10.2 Å². The van der Waals surface area contributed by atoms with Crippen molar-refractivity contribution in [3.63, 3.8) is 0 Å². The van der Waals surface area contributed by atoms with Gasteiger partial charge in [0.25, 0.3) is 0 Å². The standard InChI is InChI=1S/C29H32N3O/c1-6-22-23-16-13-20(18-24(23)26-10-8-9-17-32(26)25(22)7-2)28-31-30-27(33-28)19-11-14-21(15-12-19)29(3,4)5/h8-18,22,25H,6-7H2,1-5H3/q+1. The molecule has 2 aromatic heterocycles. The summed E-state index contributed by atoms with van der Waals surface area (Å²) in [5.41, 5.74) is 7.23. The largest absolute Gasteiger partial charge is 0.416 e. The smallest absolute Gasteiger partial charge is 0.248 e. The first kappa shape index (κ1) is 21.6. The fraction of sp³-hybridized carbons (Fsp3) is 0.345. The molecule has 4 heteroatoms. The topological polar surface area (TPSA) is 42.8 Å². The monoisotopic (exact) mass is 438 g/mol. The van der Waals surface area contributed by atoms with Crippen molar-refractivity contribution in [1.29, 1.82) is 0 Å². The Balaban J connectivity index is 1.53. The van der Waals surface area contributed by atoms with E-state index >= 15 is 0 Å². The third-order valence-corrected chi connectivity index (χ3v) is 6.97. The third-order valence-electron chi connectivity index (χ3n) is 6.97. The van der Waals surface area contributed by atoms with Crippen LogP contribution in [-0.4, -0.2) is 10.2 Å². The lowest BCUT2D eigenvalue weighted by molar-refractivity contribution is -0.718. The van der Waals surface area contributed by atoms with Gasteiger partial charge in [0.1, 0.15) is 0 Å². The molecule has 0 amide bonds. The average Bonchev–Trinajstić information content (AvgIpc) is 3.33. The van der Waals surface area contributed by atoms with Gasteiger partial charge in [0.2, 0.25) is 17.5 Å². The second kappa shape index (κ2) is 8.26. The van der Waals surface area contributed by atoms with Crippen LogP contribution in [0.15, 0.2) is 71.3 Å². The Kier molecular flexibility index (Phi) is 5.40. The van der Waals surface area contributed by atoms with Gasteiger partial charge in [0, 0.05) is 35.6 Å². The van der Waals surface area contributed by atoms with E-state index in [2.05, 4.69) is 116 Å². The number of hydrogen-bond acceptors (Lipinski definition) is 3. The summed E-state index contributed by atoms with van der Waals surface area (Å²) in [6.45, 7) is 11.2. The van der Waals surface area contributed by atoms with E-state index in [4.69, 9.17) is 4.42 Å². The molecule has 3 heterocycles. The molecule has 0 radical (unpaired) electrons. The van der Waals surface area contributed by atoms with E-state index in [1.165, 1.54) is 22.4 Å². The van der Waals surface area contributed by atoms with Crippen molar-refractivity contribution < 1.29 is 8.98 Å². The minimum atomic E-state index is 0.114. The molecule has 168 valence electrons. The summed E-state index contributed by atoms with van der Waals surface area (Å²) < 4.78 is 8.57. The van der Waals surface area contributed by atoms with E-state index in [9.17, 15) is 0 Å². The number of hydrogen-bond donors (Lipinski definition) is 0. The molecule has 0 bridgehead atoms. The van der Waals surface area contributed by atoms with Crippen LogP contribution in [-0.2, 0) is 5.41 Å². The van der Waals surface area contributed by atoms with Gasteiger partial charge < -0.3 is 4.42 Å². The Hall–Kier alpha value is -3.27. The minimum Gasteiger partial charge on any atom is -0.416 e. The lowest BCUT2D eigenvalue weighted by atomic mass is 9.80. The molecule has 2 atom stereocenters. The Morgan fingerprint density at radius 2 is 1.55 bits per heavy atom. The first-order chi connectivity index (χ1) is 15.9. The second-order valence-electron chi connectivity index (χ2n) is 10.0. The molecular formula is C29H32N3O+. The second-order valence-corrected chi connectivity index (χ2v) is 10.0. The van der Waals surface area contributed by atoms with Gasteiger partial charge in [-0.2, -0.15) is 4.57 Å². The van der Waals surface area contributed by atoms with Crippen LogP contribution in [0, 0.1) is 0 Å². The summed E-state index contributed by atoms with van der Waals surface area (Å²) in [5, 5.41) is 8.73. The molecule has 0 saturated heterocycles. The zero-order valence-electron chi connectivity index (χ0n) is 20.2. The fourth-order valence-electron chi connectivity index (χ4n) is 5.15. The van der Waals surface area contributed by atoms with Gasteiger partial charge >= 0.3 is 0 Å². The first-order valence-electron chi connectivity index (χ1n) is 12.0. The van der Waals surface area contributed by atoms with Crippen LogP contribution in [0.25, 0.3) is 34.2 Å². The predicted molar refractivity (Wildman–Crippen MR) is 132 cm³/mol. The first-order valence-corrected chi connectivity index (χ1v) is 12.0. The van der Waals surface area contributed by atoms with Crippen molar-refractivity contribution in [3.05, 3.63) is 78.0 Å². The molecule has 0 fully saturated rings. The van der Waals surface area contributed by atoms with E-state index in [0.717, 1.165) is 24.0 Å². The van der Waals surface area contributed by atoms with Gasteiger partial charge in [-0.3, -0.25) is 0 Å². The summed E-state index contributed by atoms with van der Waals surface area (Å²) in [4.78, 5) is 0. The fourth-order valence-corrected chi connectivity index (χ4v) is 5.15. The van der Waals surface area contributed by atoms with E-state index in [1.807, 2.05) is 0 Å². The maximum absolute atomic E-state index is 6.13. The molecule has 4 nitrogen and oxygen atoms in total. The summed E-state index contributed by atoms with van der Waals surface area (Å²) in [6, 6.07) is 22.0. The molecule has 0 aliphatic carbocycles. The van der Waals surface area contributed by atoms with Gasteiger partial charge in [0.05, 0.1) is 5.56 Å². The summed E-state index contributed by atoms with van der Waals surface area (Å²) >= 11 is 0. The number of fused-ring (bicyclic) bond motifs is 3. The van der Waals surface area contributed by atoms with Gasteiger partial charge in [-0.05, 0) is 53.3 Å². The molecule has 0 spiro atoms.